The van der Waals surface area contributed by atoms with E-state index >= 15 is 0 Å². The molecule has 0 bridgehead atoms. The van der Waals surface area contributed by atoms with Crippen LogP contribution in [-0.2, 0) is 4.79 Å². The number of hydrogen-bond donors (Lipinski definition) is 0. The number of thiophene rings is 1. The van der Waals surface area contributed by atoms with Crippen molar-refractivity contribution >= 4 is 50.7 Å². The van der Waals surface area contributed by atoms with Crippen molar-refractivity contribution in [3.63, 3.8) is 0 Å². The summed E-state index contributed by atoms with van der Waals surface area (Å²) in [5.74, 6) is 0.0709. The van der Waals surface area contributed by atoms with Gasteiger partial charge in [0.25, 0.3) is 0 Å². The summed E-state index contributed by atoms with van der Waals surface area (Å²) in [5.41, 5.74) is 1.41. The van der Waals surface area contributed by atoms with Crippen molar-refractivity contribution in [1.82, 2.24) is 0 Å². The Hall–Kier alpha value is -1.72. The molecule has 22 heavy (non-hydrogen) atoms. The van der Waals surface area contributed by atoms with Crippen molar-refractivity contribution in [3.8, 4) is 0 Å². The number of anilines is 1. The van der Waals surface area contributed by atoms with E-state index in [0.29, 0.717) is 12.0 Å². The summed E-state index contributed by atoms with van der Waals surface area (Å²) >= 11 is 4.96. The summed E-state index contributed by atoms with van der Waals surface area (Å²) < 4.78 is 1.01. The van der Waals surface area contributed by atoms with Crippen LogP contribution in [0.3, 0.4) is 0 Å². The van der Waals surface area contributed by atoms with Gasteiger partial charge in [-0.1, -0.05) is 12.1 Å². The lowest BCUT2D eigenvalue weighted by molar-refractivity contribution is -0.117. The monoisotopic (exact) mass is 375 g/mol. The van der Waals surface area contributed by atoms with Crippen LogP contribution in [0, 0.1) is 0 Å². The van der Waals surface area contributed by atoms with Gasteiger partial charge in [-0.05, 0) is 52.7 Å². The van der Waals surface area contributed by atoms with E-state index < -0.39 is 0 Å². The highest BCUT2D eigenvalue weighted by molar-refractivity contribution is 9.10. The number of carbonyl (C=O) groups excluding carboxylic acids is 2. The SMILES string of the molecule is O=C(/C=C/c1cc(Br)cs1)c1cccc(N2CCCC2=O)c1. The first-order chi connectivity index (χ1) is 10.6. The Labute approximate surface area is 141 Å². The number of rotatable bonds is 4. The summed E-state index contributed by atoms with van der Waals surface area (Å²) in [6.45, 7) is 0.732. The third kappa shape index (κ3) is 3.36. The topological polar surface area (TPSA) is 37.4 Å². The van der Waals surface area contributed by atoms with E-state index in [1.807, 2.05) is 29.7 Å². The Bertz CT molecular complexity index is 751. The first kappa shape index (κ1) is 15.2. The zero-order valence-electron chi connectivity index (χ0n) is 11.8. The Kier molecular flexibility index (Phi) is 4.55. The molecular formula is C17H14BrNO2S. The highest BCUT2D eigenvalue weighted by atomic mass is 79.9. The zero-order chi connectivity index (χ0) is 15.5. The van der Waals surface area contributed by atoms with E-state index in [4.69, 9.17) is 0 Å². The van der Waals surface area contributed by atoms with Gasteiger partial charge in [0.15, 0.2) is 5.78 Å². The van der Waals surface area contributed by atoms with Crippen molar-refractivity contribution in [1.29, 1.82) is 0 Å². The Morgan fingerprint density at radius 2 is 2.18 bits per heavy atom. The average Bonchev–Trinajstić information content (AvgIpc) is 3.13. The van der Waals surface area contributed by atoms with Crippen LogP contribution < -0.4 is 4.90 Å². The summed E-state index contributed by atoms with van der Waals surface area (Å²) in [6.07, 6.45) is 4.85. The maximum Gasteiger partial charge on any atom is 0.227 e. The van der Waals surface area contributed by atoms with Crippen LogP contribution in [0.1, 0.15) is 28.1 Å². The van der Waals surface area contributed by atoms with Crippen molar-refractivity contribution < 1.29 is 9.59 Å². The molecule has 0 spiro atoms. The number of nitrogens with zero attached hydrogens (tertiary/aromatic N) is 1. The molecule has 1 fully saturated rings. The molecule has 3 nitrogen and oxygen atoms in total. The predicted octanol–water partition coefficient (Wildman–Crippen LogP) is 4.53. The Balaban J connectivity index is 1.78. The minimum Gasteiger partial charge on any atom is -0.312 e. The Morgan fingerprint density at radius 3 is 2.86 bits per heavy atom. The molecule has 0 N–H and O–H groups in total. The van der Waals surface area contributed by atoms with E-state index in [0.717, 1.165) is 28.0 Å². The van der Waals surface area contributed by atoms with Gasteiger partial charge in [-0.25, -0.2) is 0 Å². The smallest absolute Gasteiger partial charge is 0.227 e. The number of carbonyl (C=O) groups is 2. The lowest BCUT2D eigenvalue weighted by Gasteiger charge is -2.16. The van der Waals surface area contributed by atoms with Crippen LogP contribution in [0.2, 0.25) is 0 Å². The summed E-state index contributed by atoms with van der Waals surface area (Å²) in [4.78, 5) is 26.8. The molecule has 0 unspecified atom stereocenters. The Morgan fingerprint density at radius 1 is 1.32 bits per heavy atom. The third-order valence-electron chi connectivity index (χ3n) is 3.50. The van der Waals surface area contributed by atoms with E-state index in [1.165, 1.54) is 0 Å². The van der Waals surface area contributed by atoms with Crippen LogP contribution in [-0.4, -0.2) is 18.2 Å². The molecule has 1 aromatic carbocycles. The molecule has 0 saturated carbocycles. The second-order valence-electron chi connectivity index (χ2n) is 5.06. The maximum atomic E-state index is 12.3. The quantitative estimate of drug-likeness (QED) is 0.581. The van der Waals surface area contributed by atoms with Crippen LogP contribution in [0.5, 0.6) is 0 Å². The molecule has 0 radical (unpaired) electrons. The van der Waals surface area contributed by atoms with E-state index in [-0.39, 0.29) is 11.7 Å². The molecule has 0 aliphatic carbocycles. The number of hydrogen-bond acceptors (Lipinski definition) is 3. The largest absolute Gasteiger partial charge is 0.312 e. The second-order valence-corrected chi connectivity index (χ2v) is 6.92. The molecule has 5 heteroatoms. The molecule has 1 saturated heterocycles. The molecule has 1 aliphatic heterocycles. The first-order valence-corrected chi connectivity index (χ1v) is 8.67. The van der Waals surface area contributed by atoms with Crippen molar-refractivity contribution in [2.24, 2.45) is 0 Å². The minimum atomic E-state index is -0.0574. The van der Waals surface area contributed by atoms with Gasteiger partial charge >= 0.3 is 0 Å². The van der Waals surface area contributed by atoms with Crippen LogP contribution >= 0.6 is 27.3 Å². The minimum absolute atomic E-state index is 0.0574. The summed E-state index contributed by atoms with van der Waals surface area (Å²) in [7, 11) is 0. The summed E-state index contributed by atoms with van der Waals surface area (Å²) in [6, 6.07) is 9.24. The number of amides is 1. The fraction of sp³-hybridized carbons (Fsp3) is 0.176. The standard InChI is InChI=1S/C17H14BrNO2S/c18-13-10-15(22-11-13)6-7-16(20)12-3-1-4-14(9-12)19-8-2-5-17(19)21/h1,3-4,6-7,9-11H,2,5,8H2/b7-6+. The van der Waals surface area contributed by atoms with Crippen molar-refractivity contribution in [3.05, 3.63) is 56.7 Å². The van der Waals surface area contributed by atoms with Gasteiger partial charge in [0.1, 0.15) is 0 Å². The summed E-state index contributed by atoms with van der Waals surface area (Å²) in [5, 5.41) is 1.98. The maximum absolute atomic E-state index is 12.3. The predicted molar refractivity (Wildman–Crippen MR) is 93.4 cm³/mol. The van der Waals surface area contributed by atoms with Gasteiger partial charge in [-0.15, -0.1) is 11.3 Å². The highest BCUT2D eigenvalue weighted by Crippen LogP contribution is 2.23. The van der Waals surface area contributed by atoms with Crippen molar-refractivity contribution in [2.75, 3.05) is 11.4 Å². The molecule has 1 aromatic heterocycles. The average molecular weight is 376 g/mol. The number of ketones is 1. The molecule has 1 amide bonds. The fourth-order valence-electron chi connectivity index (χ4n) is 2.42. The van der Waals surface area contributed by atoms with Crippen LogP contribution in [0.4, 0.5) is 5.69 Å². The van der Waals surface area contributed by atoms with Gasteiger partial charge in [-0.3, -0.25) is 9.59 Å². The molecule has 1 aliphatic rings. The normalized spacial score (nSPS) is 15.0. The van der Waals surface area contributed by atoms with Crippen LogP contribution in [0.25, 0.3) is 6.08 Å². The molecule has 2 aromatic rings. The van der Waals surface area contributed by atoms with Gasteiger partial charge in [-0.2, -0.15) is 0 Å². The second kappa shape index (κ2) is 6.58. The number of halogens is 1. The van der Waals surface area contributed by atoms with Gasteiger partial charge in [0.05, 0.1) is 0 Å². The van der Waals surface area contributed by atoms with Gasteiger partial charge < -0.3 is 4.90 Å². The number of benzene rings is 1. The number of allylic oxidation sites excluding steroid dienone is 1. The highest BCUT2D eigenvalue weighted by Gasteiger charge is 2.21. The van der Waals surface area contributed by atoms with Gasteiger partial charge in [0.2, 0.25) is 5.91 Å². The molecule has 3 rings (SSSR count). The van der Waals surface area contributed by atoms with Crippen molar-refractivity contribution in [2.45, 2.75) is 12.8 Å². The van der Waals surface area contributed by atoms with Crippen LogP contribution in [0.15, 0.2) is 46.3 Å². The first-order valence-electron chi connectivity index (χ1n) is 7.00. The molecule has 112 valence electrons. The van der Waals surface area contributed by atoms with E-state index in [1.54, 1.807) is 34.4 Å². The molecular weight excluding hydrogens is 362 g/mol. The zero-order valence-corrected chi connectivity index (χ0v) is 14.2. The van der Waals surface area contributed by atoms with E-state index in [9.17, 15) is 9.59 Å². The third-order valence-corrected chi connectivity index (χ3v) is 5.16. The van der Waals surface area contributed by atoms with E-state index in [2.05, 4.69) is 15.9 Å². The molecule has 0 atom stereocenters. The lowest BCUT2D eigenvalue weighted by atomic mass is 10.1. The van der Waals surface area contributed by atoms with Gasteiger partial charge in [0, 0.05) is 38.9 Å². The lowest BCUT2D eigenvalue weighted by Crippen LogP contribution is -2.23. The fourth-order valence-corrected chi connectivity index (χ4v) is 3.75. The molecule has 2 heterocycles.